The molecule has 1 aliphatic rings. The number of aromatic nitrogens is 4. The summed E-state index contributed by atoms with van der Waals surface area (Å²) in [6.45, 7) is 1.99. The molecule has 0 radical (unpaired) electrons. The van der Waals surface area contributed by atoms with E-state index in [1.807, 2.05) is 31.2 Å². The maximum absolute atomic E-state index is 12.6. The summed E-state index contributed by atoms with van der Waals surface area (Å²) in [6.07, 6.45) is 7.86. The number of nitrogens with one attached hydrogen (secondary N) is 1. The van der Waals surface area contributed by atoms with Crippen LogP contribution in [-0.4, -0.2) is 25.7 Å². The molecule has 0 saturated heterocycles. The molecule has 7 heteroatoms. The quantitative estimate of drug-likeness (QED) is 0.782. The number of hydrogen-bond donors (Lipinski definition) is 1. The zero-order valence-electron chi connectivity index (χ0n) is 14.0. The number of benzene rings is 1. The molecular weight excluding hydrogens is 334 g/mol. The van der Waals surface area contributed by atoms with Crippen molar-refractivity contribution in [2.24, 2.45) is 0 Å². The topological polar surface area (TPSA) is 72.7 Å². The first-order valence-corrected chi connectivity index (χ1v) is 9.27. The van der Waals surface area contributed by atoms with Crippen LogP contribution in [0.25, 0.3) is 5.69 Å². The van der Waals surface area contributed by atoms with E-state index >= 15 is 0 Å². The van der Waals surface area contributed by atoms with Gasteiger partial charge in [-0.2, -0.15) is 0 Å². The van der Waals surface area contributed by atoms with Crippen LogP contribution in [0.3, 0.4) is 0 Å². The van der Waals surface area contributed by atoms with Crippen LogP contribution < -0.4 is 5.32 Å². The highest BCUT2D eigenvalue weighted by molar-refractivity contribution is 7.11. The number of hydrogen-bond acceptors (Lipinski definition) is 5. The molecule has 0 spiro atoms. The van der Waals surface area contributed by atoms with E-state index < -0.39 is 0 Å². The molecule has 0 unspecified atom stereocenters. The number of nitrogens with zero attached hydrogens (tertiary/aromatic N) is 4. The molecule has 3 aromatic rings. The third-order valence-electron chi connectivity index (χ3n) is 4.41. The summed E-state index contributed by atoms with van der Waals surface area (Å²) in [5.41, 5.74) is 2.69. The van der Waals surface area contributed by atoms with Gasteiger partial charge in [0, 0.05) is 16.1 Å². The van der Waals surface area contributed by atoms with Crippen molar-refractivity contribution in [2.45, 2.75) is 38.6 Å². The van der Waals surface area contributed by atoms with Crippen LogP contribution in [0, 0.1) is 0 Å². The van der Waals surface area contributed by atoms with Gasteiger partial charge >= 0.3 is 0 Å². The van der Waals surface area contributed by atoms with E-state index in [0.717, 1.165) is 23.5 Å². The fraction of sp³-hybridized carbons (Fsp3) is 0.333. The van der Waals surface area contributed by atoms with Crippen molar-refractivity contribution in [3.63, 3.8) is 0 Å². The maximum Gasteiger partial charge on any atom is 0.251 e. The fourth-order valence-corrected chi connectivity index (χ4v) is 4.20. The Morgan fingerprint density at radius 1 is 1.24 bits per heavy atom. The van der Waals surface area contributed by atoms with Crippen molar-refractivity contribution in [1.29, 1.82) is 0 Å². The summed E-state index contributed by atoms with van der Waals surface area (Å²) in [5.74, 6) is -0.101. The van der Waals surface area contributed by atoms with Gasteiger partial charge in [-0.05, 0) is 50.8 Å². The van der Waals surface area contributed by atoms with E-state index in [0.29, 0.717) is 5.56 Å². The fourth-order valence-electron chi connectivity index (χ4n) is 3.04. The van der Waals surface area contributed by atoms with Crippen molar-refractivity contribution >= 4 is 17.2 Å². The number of thiazole rings is 1. The van der Waals surface area contributed by atoms with Crippen molar-refractivity contribution < 1.29 is 4.79 Å². The van der Waals surface area contributed by atoms with Crippen LogP contribution in [-0.2, 0) is 12.8 Å². The predicted octanol–water partition coefficient (Wildman–Crippen LogP) is 3.09. The van der Waals surface area contributed by atoms with Gasteiger partial charge in [-0.3, -0.25) is 9.36 Å². The lowest BCUT2D eigenvalue weighted by atomic mass is 10.0. The molecule has 2 aromatic heterocycles. The van der Waals surface area contributed by atoms with Crippen molar-refractivity contribution in [3.8, 4) is 5.69 Å². The van der Waals surface area contributed by atoms with E-state index in [4.69, 9.17) is 4.98 Å². The Kier molecular flexibility index (Phi) is 4.31. The largest absolute Gasteiger partial charge is 0.343 e. The third-order valence-corrected chi connectivity index (χ3v) is 5.75. The van der Waals surface area contributed by atoms with Crippen LogP contribution in [0.5, 0.6) is 0 Å². The monoisotopic (exact) mass is 353 g/mol. The van der Waals surface area contributed by atoms with Gasteiger partial charge in [-0.15, -0.1) is 21.5 Å². The summed E-state index contributed by atoms with van der Waals surface area (Å²) < 4.78 is 1.77. The minimum atomic E-state index is -0.101. The van der Waals surface area contributed by atoms with E-state index in [1.165, 1.54) is 23.4 Å². The van der Waals surface area contributed by atoms with Gasteiger partial charge in [0.25, 0.3) is 5.91 Å². The van der Waals surface area contributed by atoms with Crippen LogP contribution >= 0.6 is 11.3 Å². The Morgan fingerprint density at radius 2 is 2.04 bits per heavy atom. The van der Waals surface area contributed by atoms with Crippen molar-refractivity contribution in [1.82, 2.24) is 25.1 Å². The molecule has 25 heavy (non-hydrogen) atoms. The molecule has 1 amide bonds. The molecular formula is C18H19N5OS. The first-order chi connectivity index (χ1) is 12.2. The first-order valence-electron chi connectivity index (χ1n) is 8.45. The minimum Gasteiger partial charge on any atom is -0.343 e. The van der Waals surface area contributed by atoms with E-state index in [-0.39, 0.29) is 11.9 Å². The lowest BCUT2D eigenvalue weighted by molar-refractivity contribution is 0.0939. The minimum absolute atomic E-state index is 0.0957. The SMILES string of the molecule is C[C@@H](NC(=O)c1cccc(-n2cnnc2)c1)c1nc2c(s1)CCCC2. The Hall–Kier alpha value is -2.54. The summed E-state index contributed by atoms with van der Waals surface area (Å²) in [6, 6.07) is 7.32. The number of rotatable bonds is 4. The van der Waals surface area contributed by atoms with Crippen LogP contribution in [0.15, 0.2) is 36.9 Å². The van der Waals surface area contributed by atoms with Gasteiger partial charge in [0.15, 0.2) is 0 Å². The Labute approximate surface area is 149 Å². The molecule has 128 valence electrons. The Balaban J connectivity index is 1.50. The van der Waals surface area contributed by atoms with E-state index in [1.54, 1.807) is 28.6 Å². The standard InChI is InChI=1S/C18H19N5OS/c1-12(18-22-15-7-2-3-8-16(15)25-18)21-17(24)13-5-4-6-14(9-13)23-10-19-20-11-23/h4-6,9-12H,2-3,7-8H2,1H3,(H,21,24)/t12-/m1/s1. The molecule has 0 saturated carbocycles. The second kappa shape index (κ2) is 6.76. The number of carbonyl (C=O) groups is 1. The highest BCUT2D eigenvalue weighted by Crippen LogP contribution is 2.29. The van der Waals surface area contributed by atoms with Gasteiger partial charge in [-0.1, -0.05) is 6.07 Å². The first kappa shape index (κ1) is 16.0. The Morgan fingerprint density at radius 3 is 2.84 bits per heavy atom. The van der Waals surface area contributed by atoms with Crippen molar-refractivity contribution in [3.05, 3.63) is 58.1 Å². The molecule has 1 atom stereocenters. The van der Waals surface area contributed by atoms with E-state index in [9.17, 15) is 4.79 Å². The number of aryl methyl sites for hydroxylation is 2. The highest BCUT2D eigenvalue weighted by atomic mass is 32.1. The molecule has 1 N–H and O–H groups in total. The zero-order chi connectivity index (χ0) is 17.2. The lowest BCUT2D eigenvalue weighted by Gasteiger charge is -2.12. The van der Waals surface area contributed by atoms with Gasteiger partial charge in [0.1, 0.15) is 17.7 Å². The van der Waals surface area contributed by atoms with Crippen LogP contribution in [0.4, 0.5) is 0 Å². The van der Waals surface area contributed by atoms with Crippen molar-refractivity contribution in [2.75, 3.05) is 0 Å². The smallest absolute Gasteiger partial charge is 0.251 e. The second-order valence-electron chi connectivity index (χ2n) is 6.24. The third kappa shape index (κ3) is 3.32. The Bertz CT molecular complexity index is 863. The molecule has 0 aliphatic heterocycles. The van der Waals surface area contributed by atoms with Gasteiger partial charge in [0.2, 0.25) is 0 Å². The van der Waals surface area contributed by atoms with Crippen LogP contribution in [0.2, 0.25) is 0 Å². The van der Waals surface area contributed by atoms with Gasteiger partial charge < -0.3 is 5.32 Å². The highest BCUT2D eigenvalue weighted by Gasteiger charge is 2.20. The lowest BCUT2D eigenvalue weighted by Crippen LogP contribution is -2.26. The normalized spacial score (nSPS) is 14.8. The summed E-state index contributed by atoms with van der Waals surface area (Å²) in [7, 11) is 0. The summed E-state index contributed by atoms with van der Waals surface area (Å²) in [4.78, 5) is 18.7. The molecule has 0 fully saturated rings. The second-order valence-corrected chi connectivity index (χ2v) is 7.36. The molecule has 1 aromatic carbocycles. The average molecular weight is 353 g/mol. The maximum atomic E-state index is 12.6. The number of fused-ring (bicyclic) bond motifs is 1. The molecule has 0 bridgehead atoms. The zero-order valence-corrected chi connectivity index (χ0v) is 14.8. The molecule has 4 rings (SSSR count). The van der Waals surface area contributed by atoms with Crippen LogP contribution in [0.1, 0.15) is 51.7 Å². The summed E-state index contributed by atoms with van der Waals surface area (Å²) in [5, 5.41) is 11.7. The average Bonchev–Trinajstić information content (AvgIpc) is 3.31. The molecule has 1 aliphatic carbocycles. The molecule has 6 nitrogen and oxygen atoms in total. The predicted molar refractivity (Wildman–Crippen MR) is 96.0 cm³/mol. The number of carbonyl (C=O) groups excluding carboxylic acids is 1. The summed E-state index contributed by atoms with van der Waals surface area (Å²) >= 11 is 1.74. The van der Waals surface area contributed by atoms with Gasteiger partial charge in [0.05, 0.1) is 11.7 Å². The van der Waals surface area contributed by atoms with E-state index in [2.05, 4.69) is 15.5 Å². The molecule has 2 heterocycles. The van der Waals surface area contributed by atoms with Gasteiger partial charge in [-0.25, -0.2) is 4.98 Å². The number of amides is 1.